The van der Waals surface area contributed by atoms with Crippen LogP contribution >= 0.6 is 23.2 Å². The van der Waals surface area contributed by atoms with Gasteiger partial charge in [-0.05, 0) is 47.0 Å². The Balaban J connectivity index is 1.50. The Morgan fingerprint density at radius 3 is 2.12 bits per heavy atom. The lowest BCUT2D eigenvalue weighted by Gasteiger charge is -2.33. The van der Waals surface area contributed by atoms with E-state index in [0.717, 1.165) is 4.90 Å². The van der Waals surface area contributed by atoms with E-state index >= 15 is 0 Å². The molecule has 9 nitrogen and oxygen atoms in total. The summed E-state index contributed by atoms with van der Waals surface area (Å²) in [5, 5.41) is 18.8. The van der Waals surface area contributed by atoms with E-state index in [1.807, 2.05) is 0 Å². The average Bonchev–Trinajstić information content (AvgIpc) is 3.42. The molecular formula is C30H24Cl2N4O5. The summed E-state index contributed by atoms with van der Waals surface area (Å²) in [5.41, 5.74) is 1.27. The van der Waals surface area contributed by atoms with Crippen LogP contribution in [0.4, 0.5) is 10.5 Å². The molecule has 2 saturated heterocycles. The van der Waals surface area contributed by atoms with E-state index < -0.39 is 29.4 Å². The maximum absolute atomic E-state index is 14.3. The number of halogens is 2. The number of likely N-dealkylation sites (N-methyl/N-ethyl adjacent to an activating group) is 1. The lowest BCUT2D eigenvalue weighted by atomic mass is 9.80. The fourth-order valence-electron chi connectivity index (χ4n) is 5.63. The van der Waals surface area contributed by atoms with E-state index in [2.05, 4.69) is 6.07 Å². The molecular weight excluding hydrogens is 567 g/mol. The second-order valence-electron chi connectivity index (χ2n) is 10.2. The number of hydrogen-bond acceptors (Lipinski definition) is 5. The van der Waals surface area contributed by atoms with Crippen LogP contribution in [0.15, 0.2) is 66.7 Å². The van der Waals surface area contributed by atoms with Gasteiger partial charge in [-0.3, -0.25) is 14.4 Å². The largest absolute Gasteiger partial charge is 0.481 e. The third kappa shape index (κ3) is 5.12. The quantitative estimate of drug-likeness (QED) is 0.422. The molecule has 0 radical (unpaired) electrons. The number of carboxylic acid groups (broad SMARTS) is 1. The maximum Gasteiger partial charge on any atom is 0.332 e. The fourth-order valence-corrected chi connectivity index (χ4v) is 6.15. The van der Waals surface area contributed by atoms with Crippen molar-refractivity contribution in [2.75, 3.05) is 25.0 Å². The minimum Gasteiger partial charge on any atom is -0.481 e. The summed E-state index contributed by atoms with van der Waals surface area (Å²) >= 11 is 12.4. The SMILES string of the molecule is CN1C(=O)N(c2cc(Cl)cc(Cl)c2)C(=O)C12CN(C(=O)Cc1ccc(CC(=O)O)cc1)CC2c1ccc(C#N)cc1. The molecule has 0 saturated carbocycles. The molecule has 5 rings (SSSR count). The summed E-state index contributed by atoms with van der Waals surface area (Å²) in [6.45, 7) is 0.120. The number of carboxylic acids is 1. The molecule has 1 spiro atoms. The first-order valence-electron chi connectivity index (χ1n) is 12.7. The third-order valence-electron chi connectivity index (χ3n) is 7.70. The first-order chi connectivity index (χ1) is 19.5. The summed E-state index contributed by atoms with van der Waals surface area (Å²) in [4.78, 5) is 56.4. The highest BCUT2D eigenvalue weighted by atomic mass is 35.5. The molecule has 208 valence electrons. The van der Waals surface area contributed by atoms with Crippen molar-refractivity contribution in [3.05, 3.63) is 99.0 Å². The number of aliphatic carboxylic acids is 1. The number of carbonyl (C=O) groups is 4. The number of anilines is 1. The molecule has 41 heavy (non-hydrogen) atoms. The van der Waals surface area contributed by atoms with Gasteiger partial charge in [-0.15, -0.1) is 0 Å². The number of amides is 4. The molecule has 1 N–H and O–H groups in total. The van der Waals surface area contributed by atoms with Crippen molar-refractivity contribution in [3.63, 3.8) is 0 Å². The Kier molecular flexibility index (Phi) is 7.47. The van der Waals surface area contributed by atoms with Crippen molar-refractivity contribution >= 4 is 52.7 Å². The van der Waals surface area contributed by atoms with Crippen LogP contribution < -0.4 is 4.90 Å². The molecule has 2 fully saturated rings. The highest BCUT2D eigenvalue weighted by molar-refractivity contribution is 6.35. The summed E-state index contributed by atoms with van der Waals surface area (Å²) in [6.07, 6.45) is -0.0883. The van der Waals surface area contributed by atoms with Gasteiger partial charge in [0.05, 0.1) is 36.7 Å². The summed E-state index contributed by atoms with van der Waals surface area (Å²) < 4.78 is 0. The van der Waals surface area contributed by atoms with Crippen LogP contribution in [-0.2, 0) is 27.2 Å². The van der Waals surface area contributed by atoms with E-state index in [1.165, 1.54) is 30.1 Å². The summed E-state index contributed by atoms with van der Waals surface area (Å²) in [7, 11) is 1.54. The molecule has 0 aromatic heterocycles. The minimum atomic E-state index is -1.42. The lowest BCUT2D eigenvalue weighted by Crippen LogP contribution is -2.54. The van der Waals surface area contributed by atoms with Gasteiger partial charge in [-0.25, -0.2) is 9.69 Å². The fraction of sp³-hybridized carbons (Fsp3) is 0.233. The lowest BCUT2D eigenvalue weighted by molar-refractivity contribution is -0.136. The van der Waals surface area contributed by atoms with Crippen molar-refractivity contribution in [2.45, 2.75) is 24.3 Å². The molecule has 11 heteroatoms. The van der Waals surface area contributed by atoms with Gasteiger partial charge in [0.25, 0.3) is 5.91 Å². The van der Waals surface area contributed by atoms with E-state index in [1.54, 1.807) is 53.4 Å². The summed E-state index contributed by atoms with van der Waals surface area (Å²) in [5.74, 6) is -2.28. The molecule has 2 unspecified atom stereocenters. The van der Waals surface area contributed by atoms with Crippen molar-refractivity contribution in [2.24, 2.45) is 0 Å². The normalized spacial score (nSPS) is 20.1. The first kappa shape index (κ1) is 28.1. The minimum absolute atomic E-state index is 0.0307. The van der Waals surface area contributed by atoms with Gasteiger partial charge in [0.2, 0.25) is 5.91 Å². The Hall–Kier alpha value is -4.39. The van der Waals surface area contributed by atoms with Crippen LogP contribution in [-0.4, -0.2) is 64.4 Å². The van der Waals surface area contributed by atoms with Gasteiger partial charge in [0, 0.05) is 29.6 Å². The highest BCUT2D eigenvalue weighted by Gasteiger charge is 2.65. The molecule has 2 aliphatic rings. The second-order valence-corrected chi connectivity index (χ2v) is 11.0. The topological polar surface area (TPSA) is 122 Å². The standard InChI is InChI=1S/C30H24Cl2N4O5/c1-34-29(41)36(24-13-22(31)12-23(32)14-24)28(40)30(34)17-35(16-25(30)21-8-6-20(15-33)7-9-21)26(37)10-18-2-4-19(5-3-18)11-27(38)39/h2-9,12-14,25H,10-11,16-17H2,1H3,(H,38,39). The van der Waals surface area contributed by atoms with Gasteiger partial charge < -0.3 is 14.9 Å². The molecule has 0 bridgehead atoms. The monoisotopic (exact) mass is 590 g/mol. The van der Waals surface area contributed by atoms with Crippen LogP contribution in [0.2, 0.25) is 10.0 Å². The number of likely N-dealkylation sites (tertiary alicyclic amines) is 1. The highest BCUT2D eigenvalue weighted by Crippen LogP contribution is 2.46. The van der Waals surface area contributed by atoms with Crippen LogP contribution in [0.5, 0.6) is 0 Å². The molecule has 0 aliphatic carbocycles. The van der Waals surface area contributed by atoms with Crippen molar-refractivity contribution in [1.82, 2.24) is 9.80 Å². The van der Waals surface area contributed by atoms with Crippen LogP contribution in [0.25, 0.3) is 0 Å². The molecule has 2 heterocycles. The van der Waals surface area contributed by atoms with Gasteiger partial charge in [-0.2, -0.15) is 5.26 Å². The zero-order chi connectivity index (χ0) is 29.5. The van der Waals surface area contributed by atoms with Crippen molar-refractivity contribution in [1.29, 1.82) is 5.26 Å². The van der Waals surface area contributed by atoms with E-state index in [-0.39, 0.29) is 47.6 Å². The maximum atomic E-state index is 14.3. The number of nitriles is 1. The number of rotatable bonds is 6. The van der Waals surface area contributed by atoms with Crippen molar-refractivity contribution in [3.8, 4) is 6.07 Å². The Bertz CT molecular complexity index is 1580. The van der Waals surface area contributed by atoms with E-state index in [9.17, 15) is 24.4 Å². The van der Waals surface area contributed by atoms with Gasteiger partial charge >= 0.3 is 12.0 Å². The molecule has 3 aromatic rings. The first-order valence-corrected chi connectivity index (χ1v) is 13.4. The molecule has 2 atom stereocenters. The van der Waals surface area contributed by atoms with Gasteiger partial charge in [-0.1, -0.05) is 59.6 Å². The van der Waals surface area contributed by atoms with Crippen LogP contribution in [0, 0.1) is 11.3 Å². The molecule has 2 aliphatic heterocycles. The zero-order valence-corrected chi connectivity index (χ0v) is 23.4. The number of imide groups is 1. The zero-order valence-electron chi connectivity index (χ0n) is 21.9. The van der Waals surface area contributed by atoms with E-state index in [0.29, 0.717) is 22.3 Å². The van der Waals surface area contributed by atoms with Gasteiger partial charge in [0.15, 0.2) is 0 Å². The predicted molar refractivity (Wildman–Crippen MR) is 152 cm³/mol. The Labute approximate surface area is 246 Å². The second kappa shape index (κ2) is 10.9. The summed E-state index contributed by atoms with van der Waals surface area (Å²) in [6, 6.07) is 19.5. The molecule has 3 aromatic carbocycles. The number of urea groups is 1. The Morgan fingerprint density at radius 2 is 1.56 bits per heavy atom. The smallest absolute Gasteiger partial charge is 0.332 e. The third-order valence-corrected chi connectivity index (χ3v) is 8.13. The van der Waals surface area contributed by atoms with Crippen molar-refractivity contribution < 1.29 is 24.3 Å². The van der Waals surface area contributed by atoms with Crippen LogP contribution in [0.1, 0.15) is 28.2 Å². The van der Waals surface area contributed by atoms with E-state index in [4.69, 9.17) is 28.3 Å². The number of hydrogen-bond donors (Lipinski definition) is 1. The predicted octanol–water partition coefficient (Wildman–Crippen LogP) is 4.50. The number of carbonyl (C=O) groups excluding carboxylic acids is 3. The Morgan fingerprint density at radius 1 is 0.976 bits per heavy atom. The van der Waals surface area contributed by atoms with Gasteiger partial charge in [0.1, 0.15) is 5.54 Å². The number of benzene rings is 3. The number of nitrogens with zero attached hydrogens (tertiary/aromatic N) is 4. The van der Waals surface area contributed by atoms with Crippen LogP contribution in [0.3, 0.4) is 0 Å². The molecule has 4 amide bonds. The average molecular weight is 591 g/mol.